The third-order valence-corrected chi connectivity index (χ3v) is 3.14. The number of methoxy groups -OCH3 is 2. The average Bonchev–Trinajstić information content (AvgIpc) is 2.85. The molecule has 21 heavy (non-hydrogen) atoms. The van der Waals surface area contributed by atoms with Crippen molar-refractivity contribution in [3.05, 3.63) is 41.3 Å². The summed E-state index contributed by atoms with van der Waals surface area (Å²) in [5, 5.41) is 3.06. The van der Waals surface area contributed by atoms with E-state index in [2.05, 4.69) is 5.32 Å². The van der Waals surface area contributed by atoms with Crippen LogP contribution in [0.2, 0.25) is 0 Å². The SMILES string of the molecule is CNCc1cc(COc2cc(OC)cc(OC)c2)c(C)o1. The van der Waals surface area contributed by atoms with Gasteiger partial charge in [0.2, 0.25) is 0 Å². The summed E-state index contributed by atoms with van der Waals surface area (Å²) in [6, 6.07) is 7.46. The monoisotopic (exact) mass is 291 g/mol. The van der Waals surface area contributed by atoms with Crippen molar-refractivity contribution in [2.75, 3.05) is 21.3 Å². The van der Waals surface area contributed by atoms with Crippen molar-refractivity contribution < 1.29 is 18.6 Å². The van der Waals surface area contributed by atoms with Crippen LogP contribution in [-0.2, 0) is 13.2 Å². The zero-order valence-electron chi connectivity index (χ0n) is 12.9. The number of aryl methyl sites for hydroxylation is 1. The smallest absolute Gasteiger partial charge is 0.127 e. The lowest BCUT2D eigenvalue weighted by atomic mass is 10.2. The van der Waals surface area contributed by atoms with E-state index in [1.165, 1.54) is 0 Å². The van der Waals surface area contributed by atoms with Gasteiger partial charge in [-0.2, -0.15) is 0 Å². The predicted molar refractivity (Wildman–Crippen MR) is 80.1 cm³/mol. The second-order valence-electron chi connectivity index (χ2n) is 4.66. The summed E-state index contributed by atoms with van der Waals surface area (Å²) in [6.45, 7) is 3.08. The zero-order chi connectivity index (χ0) is 15.2. The van der Waals surface area contributed by atoms with Crippen LogP contribution in [0.1, 0.15) is 17.1 Å². The number of nitrogens with one attached hydrogen (secondary N) is 1. The van der Waals surface area contributed by atoms with Gasteiger partial charge in [-0.05, 0) is 20.0 Å². The molecule has 0 aliphatic carbocycles. The molecule has 1 heterocycles. The van der Waals surface area contributed by atoms with Crippen LogP contribution in [0.3, 0.4) is 0 Å². The zero-order valence-corrected chi connectivity index (χ0v) is 12.9. The summed E-state index contributed by atoms with van der Waals surface area (Å²) in [4.78, 5) is 0. The van der Waals surface area contributed by atoms with Gasteiger partial charge in [-0.25, -0.2) is 0 Å². The number of hydrogen-bond acceptors (Lipinski definition) is 5. The Hall–Kier alpha value is -2.14. The van der Waals surface area contributed by atoms with Gasteiger partial charge < -0.3 is 23.9 Å². The van der Waals surface area contributed by atoms with E-state index < -0.39 is 0 Å². The topological polar surface area (TPSA) is 52.9 Å². The molecule has 0 atom stereocenters. The standard InChI is InChI=1S/C16H21NO4/c1-11-12(5-16(21-11)9-17-2)10-20-15-7-13(18-3)6-14(8-15)19-4/h5-8,17H,9-10H2,1-4H3. The molecule has 1 aromatic carbocycles. The molecular weight excluding hydrogens is 270 g/mol. The molecule has 5 heteroatoms. The Kier molecular flexibility index (Phi) is 5.11. The molecule has 1 aromatic heterocycles. The minimum atomic E-state index is 0.440. The number of ether oxygens (including phenoxy) is 3. The lowest BCUT2D eigenvalue weighted by Gasteiger charge is -2.09. The van der Waals surface area contributed by atoms with Crippen LogP contribution in [0.4, 0.5) is 0 Å². The maximum absolute atomic E-state index is 5.81. The van der Waals surface area contributed by atoms with E-state index in [-0.39, 0.29) is 0 Å². The fourth-order valence-electron chi connectivity index (χ4n) is 2.02. The number of furan rings is 1. The maximum Gasteiger partial charge on any atom is 0.127 e. The first kappa shape index (κ1) is 15.3. The molecule has 5 nitrogen and oxygen atoms in total. The van der Waals surface area contributed by atoms with Gasteiger partial charge in [-0.1, -0.05) is 0 Å². The molecule has 0 unspecified atom stereocenters. The van der Waals surface area contributed by atoms with E-state index in [1.54, 1.807) is 20.3 Å². The summed E-state index contributed by atoms with van der Waals surface area (Å²) in [6.07, 6.45) is 0. The average molecular weight is 291 g/mol. The molecule has 0 saturated heterocycles. The van der Waals surface area contributed by atoms with Crippen molar-refractivity contribution in [3.63, 3.8) is 0 Å². The Morgan fingerprint density at radius 3 is 2.19 bits per heavy atom. The van der Waals surface area contributed by atoms with Crippen molar-refractivity contribution in [2.24, 2.45) is 0 Å². The van der Waals surface area contributed by atoms with Gasteiger partial charge in [0.25, 0.3) is 0 Å². The van der Waals surface area contributed by atoms with Crippen LogP contribution in [0, 0.1) is 6.92 Å². The van der Waals surface area contributed by atoms with Crippen LogP contribution in [0.25, 0.3) is 0 Å². The molecule has 2 rings (SSSR count). The Balaban J connectivity index is 2.08. The largest absolute Gasteiger partial charge is 0.496 e. The number of benzene rings is 1. The first-order valence-corrected chi connectivity index (χ1v) is 6.75. The summed E-state index contributed by atoms with van der Waals surface area (Å²) in [7, 11) is 5.11. The summed E-state index contributed by atoms with van der Waals surface area (Å²) in [5.74, 6) is 3.86. The first-order valence-electron chi connectivity index (χ1n) is 6.75. The van der Waals surface area contributed by atoms with Gasteiger partial charge in [-0.3, -0.25) is 0 Å². The lowest BCUT2D eigenvalue weighted by Crippen LogP contribution is -2.03. The predicted octanol–water partition coefficient (Wildman–Crippen LogP) is 2.90. The fraction of sp³-hybridized carbons (Fsp3) is 0.375. The van der Waals surface area contributed by atoms with Crippen LogP contribution in [0.15, 0.2) is 28.7 Å². The molecule has 0 aliphatic heterocycles. The van der Waals surface area contributed by atoms with Crippen molar-refractivity contribution >= 4 is 0 Å². The van der Waals surface area contributed by atoms with E-state index in [0.29, 0.717) is 30.4 Å². The van der Waals surface area contributed by atoms with Gasteiger partial charge in [0, 0.05) is 23.8 Å². The van der Waals surface area contributed by atoms with Crippen molar-refractivity contribution in [2.45, 2.75) is 20.1 Å². The Labute approximate surface area is 124 Å². The van der Waals surface area contributed by atoms with Gasteiger partial charge in [0.15, 0.2) is 0 Å². The molecule has 0 amide bonds. The highest BCUT2D eigenvalue weighted by Crippen LogP contribution is 2.28. The maximum atomic E-state index is 5.81. The third kappa shape index (κ3) is 3.92. The molecule has 0 radical (unpaired) electrons. The second kappa shape index (κ2) is 7.04. The molecule has 0 saturated carbocycles. The van der Waals surface area contributed by atoms with E-state index >= 15 is 0 Å². The molecule has 1 N–H and O–H groups in total. The van der Waals surface area contributed by atoms with Crippen molar-refractivity contribution in [3.8, 4) is 17.2 Å². The van der Waals surface area contributed by atoms with Gasteiger partial charge in [-0.15, -0.1) is 0 Å². The summed E-state index contributed by atoms with van der Waals surface area (Å²) < 4.78 is 21.9. The molecule has 0 aliphatic rings. The highest BCUT2D eigenvalue weighted by atomic mass is 16.5. The number of hydrogen-bond donors (Lipinski definition) is 1. The van der Waals surface area contributed by atoms with Gasteiger partial charge >= 0.3 is 0 Å². The highest BCUT2D eigenvalue weighted by molar-refractivity contribution is 5.42. The van der Waals surface area contributed by atoms with E-state index in [0.717, 1.165) is 17.1 Å². The van der Waals surface area contributed by atoms with E-state index in [4.69, 9.17) is 18.6 Å². The first-order chi connectivity index (χ1) is 10.2. The van der Waals surface area contributed by atoms with Crippen molar-refractivity contribution in [1.82, 2.24) is 5.32 Å². The van der Waals surface area contributed by atoms with Crippen LogP contribution < -0.4 is 19.5 Å². The summed E-state index contributed by atoms with van der Waals surface area (Å²) in [5.41, 5.74) is 1.03. The minimum Gasteiger partial charge on any atom is -0.496 e. The Morgan fingerprint density at radius 2 is 1.62 bits per heavy atom. The normalized spacial score (nSPS) is 10.5. The Bertz CT molecular complexity index is 570. The van der Waals surface area contributed by atoms with Crippen LogP contribution >= 0.6 is 0 Å². The molecule has 114 valence electrons. The highest BCUT2D eigenvalue weighted by Gasteiger charge is 2.09. The summed E-state index contributed by atoms with van der Waals surface area (Å²) >= 11 is 0. The van der Waals surface area contributed by atoms with Crippen LogP contribution in [-0.4, -0.2) is 21.3 Å². The van der Waals surface area contributed by atoms with Crippen LogP contribution in [0.5, 0.6) is 17.2 Å². The quantitative estimate of drug-likeness (QED) is 0.850. The molecule has 0 fully saturated rings. The molecule has 0 bridgehead atoms. The number of rotatable bonds is 7. The molecular formula is C16H21NO4. The fourth-order valence-corrected chi connectivity index (χ4v) is 2.02. The third-order valence-electron chi connectivity index (χ3n) is 3.14. The van der Waals surface area contributed by atoms with Gasteiger partial charge in [0.05, 0.1) is 20.8 Å². The lowest BCUT2D eigenvalue weighted by molar-refractivity contribution is 0.297. The van der Waals surface area contributed by atoms with E-state index in [1.807, 2.05) is 32.2 Å². The van der Waals surface area contributed by atoms with E-state index in [9.17, 15) is 0 Å². The molecule has 2 aromatic rings. The second-order valence-corrected chi connectivity index (χ2v) is 4.66. The Morgan fingerprint density at radius 1 is 1.00 bits per heavy atom. The minimum absolute atomic E-state index is 0.440. The molecule has 0 spiro atoms. The van der Waals surface area contributed by atoms with Crippen molar-refractivity contribution in [1.29, 1.82) is 0 Å². The van der Waals surface area contributed by atoms with Gasteiger partial charge in [0.1, 0.15) is 35.4 Å².